The highest BCUT2D eigenvalue weighted by Gasteiger charge is 2.20. The predicted molar refractivity (Wildman–Crippen MR) is 137 cm³/mol. The van der Waals surface area contributed by atoms with Gasteiger partial charge in [-0.05, 0) is 42.0 Å². The second-order valence-electron chi connectivity index (χ2n) is 8.17. The lowest BCUT2D eigenvalue weighted by Crippen LogP contribution is -2.23. The van der Waals surface area contributed by atoms with Crippen molar-refractivity contribution in [1.29, 1.82) is 5.26 Å². The average molecular weight is 486 g/mol. The molecule has 1 heterocycles. The van der Waals surface area contributed by atoms with E-state index in [1.807, 2.05) is 18.2 Å². The number of carbonyl (C=O) groups is 1. The van der Waals surface area contributed by atoms with Gasteiger partial charge in [-0.3, -0.25) is 4.79 Å². The van der Waals surface area contributed by atoms with Crippen LogP contribution < -0.4 is 15.8 Å². The lowest BCUT2D eigenvalue weighted by Gasteiger charge is -2.23. The van der Waals surface area contributed by atoms with Crippen molar-refractivity contribution in [3.63, 3.8) is 0 Å². The second-order valence-corrected chi connectivity index (χ2v) is 9.16. The minimum atomic E-state index is -0.896. The first-order valence-electron chi connectivity index (χ1n) is 11.6. The molecular formula is C25H35N5O3S. The molecule has 0 aliphatic heterocycles. The Balaban J connectivity index is 2.52. The van der Waals surface area contributed by atoms with E-state index in [0.29, 0.717) is 30.1 Å². The predicted octanol–water partition coefficient (Wildman–Crippen LogP) is 4.47. The van der Waals surface area contributed by atoms with Crippen molar-refractivity contribution in [3.8, 4) is 11.8 Å². The van der Waals surface area contributed by atoms with Crippen molar-refractivity contribution in [2.24, 2.45) is 0 Å². The summed E-state index contributed by atoms with van der Waals surface area (Å²) in [5.41, 5.74) is 9.25. The first-order chi connectivity index (χ1) is 16.4. The third kappa shape index (κ3) is 8.41. The average Bonchev–Trinajstić information content (AvgIpc) is 2.81. The summed E-state index contributed by atoms with van der Waals surface area (Å²) in [6, 6.07) is 8.08. The molecule has 2 aromatic rings. The molecule has 0 saturated carbocycles. The summed E-state index contributed by atoms with van der Waals surface area (Å²) in [6.07, 6.45) is 7.19. The molecule has 0 unspecified atom stereocenters. The first-order valence-corrected chi connectivity index (χ1v) is 13.0. The number of nitrogens with two attached hydrogens (primary N) is 1. The number of nitrogens with one attached hydrogen (secondary N) is 1. The summed E-state index contributed by atoms with van der Waals surface area (Å²) < 4.78 is 5.57. The molecule has 34 heavy (non-hydrogen) atoms. The van der Waals surface area contributed by atoms with Crippen LogP contribution in [0, 0.1) is 11.3 Å². The molecule has 0 spiro atoms. The molecule has 2 rings (SSSR count). The summed E-state index contributed by atoms with van der Waals surface area (Å²) in [7, 11) is 1.61. The van der Waals surface area contributed by atoms with Crippen LogP contribution in [-0.2, 0) is 24.1 Å². The normalized spacial score (nSPS) is 11.6. The van der Waals surface area contributed by atoms with E-state index in [-0.39, 0.29) is 24.8 Å². The Labute approximate surface area is 206 Å². The monoisotopic (exact) mass is 485 g/mol. The molecule has 0 radical (unpaired) electrons. The highest BCUT2D eigenvalue weighted by Crippen LogP contribution is 2.29. The van der Waals surface area contributed by atoms with E-state index in [9.17, 15) is 9.90 Å². The molecule has 0 fully saturated rings. The molecule has 0 saturated heterocycles. The Morgan fingerprint density at radius 1 is 1.35 bits per heavy atom. The van der Waals surface area contributed by atoms with Crippen LogP contribution in [0.2, 0.25) is 0 Å². The smallest absolute Gasteiger partial charge is 0.303 e. The van der Waals surface area contributed by atoms with Crippen molar-refractivity contribution in [2.75, 3.05) is 30.2 Å². The maximum atomic E-state index is 11.3. The van der Waals surface area contributed by atoms with Gasteiger partial charge in [0.1, 0.15) is 11.6 Å². The van der Waals surface area contributed by atoms with Gasteiger partial charge in [0, 0.05) is 24.4 Å². The quantitative estimate of drug-likeness (QED) is 0.334. The maximum Gasteiger partial charge on any atom is 0.303 e. The van der Waals surface area contributed by atoms with E-state index in [4.69, 9.17) is 15.7 Å². The van der Waals surface area contributed by atoms with E-state index < -0.39 is 5.97 Å². The largest absolute Gasteiger partial charge is 0.496 e. The molecular weight excluding hydrogens is 450 g/mol. The number of nitrogen functional groups attached to an aromatic ring is 1. The van der Waals surface area contributed by atoms with Crippen LogP contribution >= 0.6 is 11.8 Å². The molecule has 8 nitrogen and oxygen atoms in total. The Morgan fingerprint density at radius 3 is 2.79 bits per heavy atom. The topological polar surface area (TPSA) is 134 Å². The molecule has 1 aromatic carbocycles. The summed E-state index contributed by atoms with van der Waals surface area (Å²) >= 11 is 1.80. The molecule has 0 bridgehead atoms. The minimum absolute atomic E-state index is 0.0553. The highest BCUT2D eigenvalue weighted by molar-refractivity contribution is 7.98. The summed E-state index contributed by atoms with van der Waals surface area (Å²) in [4.78, 5) is 20.2. The molecule has 0 amide bonds. The number of nitriles is 1. The van der Waals surface area contributed by atoms with E-state index in [2.05, 4.69) is 34.5 Å². The van der Waals surface area contributed by atoms with Crippen molar-refractivity contribution < 1.29 is 14.6 Å². The van der Waals surface area contributed by atoms with E-state index in [1.165, 1.54) is 0 Å². The number of hydrogen-bond donors (Lipinski definition) is 3. The highest BCUT2D eigenvalue weighted by atomic mass is 32.2. The number of unbranched alkanes of at least 4 members (excludes halogenated alkanes) is 1. The van der Waals surface area contributed by atoms with Crippen molar-refractivity contribution in [3.05, 3.63) is 40.6 Å². The molecule has 4 N–H and O–H groups in total. The molecule has 0 aliphatic rings. The third-order valence-corrected chi connectivity index (χ3v) is 6.24. The third-order valence-electron chi connectivity index (χ3n) is 5.60. The van der Waals surface area contributed by atoms with E-state index >= 15 is 0 Å². The van der Waals surface area contributed by atoms with Gasteiger partial charge in [0.05, 0.1) is 31.7 Å². The van der Waals surface area contributed by atoms with Crippen LogP contribution in [0.5, 0.6) is 5.75 Å². The SMILES string of the molecule is CCCC[C@@H](CCSC)Nc1nc(N)nc(CCC(=O)O)c1Cc1cc(CC#N)ccc1OC. The molecule has 1 aromatic heterocycles. The van der Waals surface area contributed by atoms with Gasteiger partial charge in [-0.1, -0.05) is 31.9 Å². The van der Waals surface area contributed by atoms with Gasteiger partial charge in [0.15, 0.2) is 0 Å². The minimum Gasteiger partial charge on any atom is -0.496 e. The molecule has 184 valence electrons. The fraction of sp³-hybridized carbons (Fsp3) is 0.520. The fourth-order valence-electron chi connectivity index (χ4n) is 3.84. The van der Waals surface area contributed by atoms with Crippen molar-refractivity contribution in [2.45, 2.75) is 64.3 Å². The summed E-state index contributed by atoms with van der Waals surface area (Å²) in [6.45, 7) is 2.17. The number of ether oxygens (including phenoxy) is 1. The fourth-order valence-corrected chi connectivity index (χ4v) is 4.36. The Hall–Kier alpha value is -2.99. The zero-order valence-corrected chi connectivity index (χ0v) is 21.1. The summed E-state index contributed by atoms with van der Waals surface area (Å²) in [5, 5.41) is 22.0. The van der Waals surface area contributed by atoms with E-state index in [0.717, 1.165) is 48.1 Å². The zero-order chi connectivity index (χ0) is 24.9. The van der Waals surface area contributed by atoms with Gasteiger partial charge in [-0.15, -0.1) is 0 Å². The van der Waals surface area contributed by atoms with Crippen LogP contribution in [-0.4, -0.2) is 46.2 Å². The number of rotatable bonds is 15. The molecule has 9 heteroatoms. The van der Waals surface area contributed by atoms with Gasteiger partial charge in [-0.2, -0.15) is 22.0 Å². The molecule has 0 aliphatic carbocycles. The first kappa shape index (κ1) is 27.3. The second kappa shape index (κ2) is 14.3. The Kier molecular flexibility index (Phi) is 11.5. The number of anilines is 2. The summed E-state index contributed by atoms with van der Waals surface area (Å²) in [5.74, 6) is 1.58. The zero-order valence-electron chi connectivity index (χ0n) is 20.3. The molecule has 1 atom stereocenters. The Morgan fingerprint density at radius 2 is 2.15 bits per heavy atom. The van der Waals surface area contributed by atoms with Gasteiger partial charge in [0.25, 0.3) is 0 Å². The number of hydrogen-bond acceptors (Lipinski definition) is 8. The number of aromatic nitrogens is 2. The van der Waals surface area contributed by atoms with Gasteiger partial charge >= 0.3 is 5.97 Å². The number of nitrogens with zero attached hydrogens (tertiary/aromatic N) is 3. The number of aliphatic carboxylic acids is 1. The Bertz CT molecular complexity index is 985. The van der Waals surface area contributed by atoms with Crippen LogP contribution in [0.25, 0.3) is 0 Å². The number of benzene rings is 1. The van der Waals surface area contributed by atoms with E-state index in [1.54, 1.807) is 18.9 Å². The van der Waals surface area contributed by atoms with Gasteiger partial charge < -0.3 is 20.9 Å². The van der Waals surface area contributed by atoms with Crippen LogP contribution in [0.1, 0.15) is 61.4 Å². The number of carboxylic acids is 1. The van der Waals surface area contributed by atoms with Crippen molar-refractivity contribution in [1.82, 2.24) is 9.97 Å². The lowest BCUT2D eigenvalue weighted by atomic mass is 9.97. The number of methoxy groups -OCH3 is 1. The number of thioether (sulfide) groups is 1. The number of carboxylic acid groups (broad SMARTS) is 1. The lowest BCUT2D eigenvalue weighted by molar-refractivity contribution is -0.136. The van der Waals surface area contributed by atoms with Crippen LogP contribution in [0.15, 0.2) is 18.2 Å². The number of aryl methyl sites for hydroxylation is 1. The van der Waals surface area contributed by atoms with Crippen LogP contribution in [0.4, 0.5) is 11.8 Å². The van der Waals surface area contributed by atoms with Crippen LogP contribution in [0.3, 0.4) is 0 Å². The standard InChI is InChI=1S/C25H35N5O3S/c1-4-5-6-19(12-14-34-3)28-24-20(21(8-10-23(31)32)29-25(27)30-24)16-18-15-17(11-13-26)7-9-22(18)33-2/h7,9,15,19H,4-6,8,10-12,14,16H2,1-3H3,(H,31,32)(H3,27,28,29,30)/t19-/m0/s1. The van der Waals surface area contributed by atoms with Crippen molar-refractivity contribution >= 4 is 29.5 Å². The maximum absolute atomic E-state index is 11.3. The van der Waals surface area contributed by atoms with Gasteiger partial charge in [-0.25, -0.2) is 4.98 Å². The van der Waals surface area contributed by atoms with Gasteiger partial charge in [0.2, 0.25) is 5.95 Å².